The molecule has 0 fully saturated rings. The third-order valence-corrected chi connectivity index (χ3v) is 1.51. The molecule has 0 saturated heterocycles. The first-order valence-corrected chi connectivity index (χ1v) is 4.63. The predicted molar refractivity (Wildman–Crippen MR) is 53.1 cm³/mol. The Morgan fingerprint density at radius 3 is 2.19 bits per heavy atom. The lowest BCUT2D eigenvalue weighted by atomic mass is 10.3. The lowest BCUT2D eigenvalue weighted by Gasteiger charge is -2.05. The van der Waals surface area contributed by atoms with Gasteiger partial charge in [-0.1, -0.05) is 6.92 Å². The summed E-state index contributed by atoms with van der Waals surface area (Å²) in [5, 5.41) is 0. The Morgan fingerprint density at radius 1 is 1.12 bits per heavy atom. The topological polar surface area (TPSA) is 78.9 Å². The molecule has 0 atom stereocenters. The number of ether oxygens (including phenoxy) is 3. The van der Waals surface area contributed by atoms with Crippen molar-refractivity contribution >= 4 is 17.9 Å². The van der Waals surface area contributed by atoms with Gasteiger partial charge in [0.15, 0.2) is 0 Å². The first kappa shape index (κ1) is 14.2. The minimum atomic E-state index is -0.908. The molecular weight excluding hydrogens is 216 g/mol. The van der Waals surface area contributed by atoms with Crippen LogP contribution in [0, 0.1) is 0 Å². The van der Waals surface area contributed by atoms with E-state index in [-0.39, 0.29) is 6.42 Å². The van der Waals surface area contributed by atoms with Crippen LogP contribution in [0.4, 0.5) is 0 Å². The number of carbonyl (C=O) groups is 3. The Hall–Kier alpha value is -1.85. The summed E-state index contributed by atoms with van der Waals surface area (Å²) in [6.45, 7) is 1.78. The zero-order valence-corrected chi connectivity index (χ0v) is 9.44. The quantitative estimate of drug-likeness (QED) is 0.297. The fourth-order valence-electron chi connectivity index (χ4n) is 0.774. The Labute approximate surface area is 93.2 Å². The summed E-state index contributed by atoms with van der Waals surface area (Å²) in [6.07, 6.45) is 1.49. The van der Waals surface area contributed by atoms with E-state index in [0.717, 1.165) is 20.3 Å². The van der Waals surface area contributed by atoms with Gasteiger partial charge in [-0.3, -0.25) is 4.79 Å². The van der Waals surface area contributed by atoms with E-state index >= 15 is 0 Å². The summed E-state index contributed by atoms with van der Waals surface area (Å²) < 4.78 is 13.3. The second-order valence-electron chi connectivity index (χ2n) is 2.75. The molecule has 6 heteroatoms. The van der Waals surface area contributed by atoms with Crippen LogP contribution >= 0.6 is 0 Å². The maximum absolute atomic E-state index is 11.1. The van der Waals surface area contributed by atoms with E-state index in [2.05, 4.69) is 14.2 Å². The molecule has 0 N–H and O–H groups in total. The lowest BCUT2D eigenvalue weighted by Crippen LogP contribution is -2.15. The minimum absolute atomic E-state index is 0.148. The summed E-state index contributed by atoms with van der Waals surface area (Å²) >= 11 is 0. The van der Waals surface area contributed by atoms with Gasteiger partial charge in [0.25, 0.3) is 0 Å². The molecule has 0 radical (unpaired) electrons. The van der Waals surface area contributed by atoms with Crippen molar-refractivity contribution in [2.24, 2.45) is 0 Å². The molecule has 0 aromatic rings. The zero-order chi connectivity index (χ0) is 12.6. The number of esters is 3. The van der Waals surface area contributed by atoms with Crippen LogP contribution in [0.15, 0.2) is 11.8 Å². The summed E-state index contributed by atoms with van der Waals surface area (Å²) in [5.41, 5.74) is 0. The molecule has 0 unspecified atom stereocenters. The molecule has 0 aliphatic rings. The van der Waals surface area contributed by atoms with Crippen molar-refractivity contribution in [3.05, 3.63) is 11.8 Å². The molecule has 0 amide bonds. The number of methoxy groups -OCH3 is 2. The molecule has 0 aliphatic heterocycles. The van der Waals surface area contributed by atoms with Crippen molar-refractivity contribution in [3.8, 4) is 0 Å². The van der Waals surface area contributed by atoms with Crippen molar-refractivity contribution in [2.75, 3.05) is 14.2 Å². The number of rotatable bonds is 5. The molecule has 6 nitrogen and oxygen atoms in total. The summed E-state index contributed by atoms with van der Waals surface area (Å²) in [6, 6.07) is 0. The van der Waals surface area contributed by atoms with Gasteiger partial charge in [0, 0.05) is 6.42 Å². The third-order valence-electron chi connectivity index (χ3n) is 1.51. The smallest absolute Gasteiger partial charge is 0.374 e. The average molecular weight is 230 g/mol. The second-order valence-corrected chi connectivity index (χ2v) is 2.75. The van der Waals surface area contributed by atoms with E-state index in [0.29, 0.717) is 6.42 Å². The van der Waals surface area contributed by atoms with Crippen molar-refractivity contribution < 1.29 is 28.6 Å². The Bertz CT molecular complexity index is 304. The lowest BCUT2D eigenvalue weighted by molar-refractivity contribution is -0.150. The highest BCUT2D eigenvalue weighted by Crippen LogP contribution is 2.04. The molecule has 0 spiro atoms. The summed E-state index contributed by atoms with van der Waals surface area (Å²) in [5.74, 6) is -2.80. The molecule has 16 heavy (non-hydrogen) atoms. The highest BCUT2D eigenvalue weighted by Gasteiger charge is 2.17. The van der Waals surface area contributed by atoms with E-state index in [1.807, 2.05) is 0 Å². The largest absolute Gasteiger partial charge is 0.466 e. The SMILES string of the molecule is CCCC(=O)O/C(=C\C(=O)OC)C(=O)OC. The fourth-order valence-corrected chi connectivity index (χ4v) is 0.774. The molecule has 0 aliphatic carbocycles. The Balaban J connectivity index is 4.68. The third kappa shape index (κ3) is 5.14. The van der Waals surface area contributed by atoms with Gasteiger partial charge in [-0.15, -0.1) is 0 Å². The highest BCUT2D eigenvalue weighted by atomic mass is 16.6. The molecule has 0 rings (SSSR count). The van der Waals surface area contributed by atoms with Gasteiger partial charge in [-0.2, -0.15) is 0 Å². The van der Waals surface area contributed by atoms with Gasteiger partial charge in [-0.05, 0) is 6.42 Å². The Kier molecular flexibility index (Phi) is 6.58. The van der Waals surface area contributed by atoms with Crippen molar-refractivity contribution in [1.29, 1.82) is 0 Å². The van der Waals surface area contributed by atoms with Crippen LogP contribution in [-0.2, 0) is 28.6 Å². The van der Waals surface area contributed by atoms with E-state index in [1.54, 1.807) is 6.92 Å². The van der Waals surface area contributed by atoms with Crippen molar-refractivity contribution in [1.82, 2.24) is 0 Å². The van der Waals surface area contributed by atoms with Crippen LogP contribution in [0.25, 0.3) is 0 Å². The van der Waals surface area contributed by atoms with E-state index in [4.69, 9.17) is 0 Å². The highest BCUT2D eigenvalue weighted by molar-refractivity contribution is 5.96. The van der Waals surface area contributed by atoms with Crippen LogP contribution in [0.2, 0.25) is 0 Å². The first-order chi connectivity index (χ1) is 7.54. The fraction of sp³-hybridized carbons (Fsp3) is 0.500. The van der Waals surface area contributed by atoms with Gasteiger partial charge in [0.1, 0.15) is 0 Å². The van der Waals surface area contributed by atoms with Gasteiger partial charge in [0.2, 0.25) is 5.76 Å². The maximum Gasteiger partial charge on any atom is 0.374 e. The predicted octanol–water partition coefficient (Wildman–Crippen LogP) is 0.560. The summed E-state index contributed by atoms with van der Waals surface area (Å²) in [7, 11) is 2.25. The van der Waals surface area contributed by atoms with Crippen LogP contribution in [0.5, 0.6) is 0 Å². The summed E-state index contributed by atoms with van der Waals surface area (Å²) in [4.78, 5) is 33.1. The van der Waals surface area contributed by atoms with Gasteiger partial charge in [0.05, 0.1) is 20.3 Å². The van der Waals surface area contributed by atoms with Crippen molar-refractivity contribution in [3.63, 3.8) is 0 Å². The Morgan fingerprint density at radius 2 is 1.75 bits per heavy atom. The van der Waals surface area contributed by atoms with Crippen LogP contribution in [0.3, 0.4) is 0 Å². The van der Waals surface area contributed by atoms with E-state index < -0.39 is 23.7 Å². The molecule has 90 valence electrons. The number of carbonyl (C=O) groups excluding carboxylic acids is 3. The van der Waals surface area contributed by atoms with Crippen LogP contribution in [0.1, 0.15) is 19.8 Å². The molecule has 0 aromatic heterocycles. The van der Waals surface area contributed by atoms with E-state index in [9.17, 15) is 14.4 Å². The standard InChI is InChI=1S/C10H14O6/c1-4-5-8(11)16-7(10(13)15-3)6-9(12)14-2/h6H,4-5H2,1-3H3/b7-6-. The van der Waals surface area contributed by atoms with Gasteiger partial charge >= 0.3 is 17.9 Å². The first-order valence-electron chi connectivity index (χ1n) is 4.63. The monoisotopic (exact) mass is 230 g/mol. The zero-order valence-electron chi connectivity index (χ0n) is 9.44. The van der Waals surface area contributed by atoms with Gasteiger partial charge in [-0.25, -0.2) is 9.59 Å². The van der Waals surface area contributed by atoms with Crippen molar-refractivity contribution in [2.45, 2.75) is 19.8 Å². The van der Waals surface area contributed by atoms with Crippen LogP contribution < -0.4 is 0 Å². The van der Waals surface area contributed by atoms with E-state index in [1.165, 1.54) is 0 Å². The average Bonchev–Trinajstić information content (AvgIpc) is 2.27. The maximum atomic E-state index is 11.1. The number of hydrogen-bond donors (Lipinski definition) is 0. The molecule has 0 aromatic carbocycles. The minimum Gasteiger partial charge on any atom is -0.466 e. The van der Waals surface area contributed by atoms with Gasteiger partial charge < -0.3 is 14.2 Å². The van der Waals surface area contributed by atoms with Crippen LogP contribution in [-0.4, -0.2) is 32.1 Å². The molecule has 0 saturated carbocycles. The molecular formula is C10H14O6. The molecule has 0 heterocycles. The number of hydrogen-bond acceptors (Lipinski definition) is 6. The normalized spacial score (nSPS) is 10.6. The molecule has 0 bridgehead atoms. The second kappa shape index (κ2) is 7.44.